The molecule has 0 aromatic heterocycles. The van der Waals surface area contributed by atoms with E-state index in [0.29, 0.717) is 11.1 Å². The Morgan fingerprint density at radius 1 is 1.27 bits per heavy atom. The smallest absolute Gasteiger partial charge is 0.286 e. The fourth-order valence-electron chi connectivity index (χ4n) is 1.41. The van der Waals surface area contributed by atoms with Crippen molar-refractivity contribution in [2.75, 3.05) is 0 Å². The number of ketones is 1. The molecule has 1 nitrogen and oxygen atoms in total. The molecular formula is C10H8Br2F2O. The van der Waals surface area contributed by atoms with E-state index in [4.69, 9.17) is 0 Å². The summed E-state index contributed by atoms with van der Waals surface area (Å²) in [5, 5.41) is 0. The topological polar surface area (TPSA) is 17.1 Å². The summed E-state index contributed by atoms with van der Waals surface area (Å²) < 4.78 is 26.4. The molecule has 0 bridgehead atoms. The summed E-state index contributed by atoms with van der Waals surface area (Å²) >= 11 is 5.31. The van der Waals surface area contributed by atoms with Gasteiger partial charge in [-0.05, 0) is 53.0 Å². The number of hydrogen-bond acceptors (Lipinski definition) is 1. The molecule has 0 saturated carbocycles. The maximum Gasteiger partial charge on any atom is 0.363 e. The fraction of sp³-hybridized carbons (Fsp3) is 0.300. The minimum absolute atomic E-state index is 0.0695. The predicted molar refractivity (Wildman–Crippen MR) is 61.8 cm³/mol. The van der Waals surface area contributed by atoms with E-state index in [9.17, 15) is 13.6 Å². The molecule has 0 saturated heterocycles. The van der Waals surface area contributed by atoms with Crippen LogP contribution in [-0.2, 0) is 0 Å². The first-order valence-electron chi connectivity index (χ1n) is 4.11. The van der Waals surface area contributed by atoms with Gasteiger partial charge in [0, 0.05) is 10.0 Å². The van der Waals surface area contributed by atoms with Gasteiger partial charge in [0.15, 0.2) is 0 Å². The highest BCUT2D eigenvalue weighted by molar-refractivity contribution is 9.10. The maximum atomic E-state index is 12.8. The van der Waals surface area contributed by atoms with Crippen molar-refractivity contribution in [2.45, 2.75) is 18.7 Å². The standard InChI is InChI=1S/C10H8Br2F2O/c1-5-3-7(11)4-6(2)8(5)9(15)10(12,13)14/h3-4H,1-2H3. The molecule has 0 N–H and O–H groups in total. The van der Waals surface area contributed by atoms with Gasteiger partial charge in [0.1, 0.15) is 0 Å². The van der Waals surface area contributed by atoms with Gasteiger partial charge >= 0.3 is 4.83 Å². The summed E-state index contributed by atoms with van der Waals surface area (Å²) in [6.45, 7) is 3.26. The number of alkyl halides is 3. The van der Waals surface area contributed by atoms with Crippen LogP contribution < -0.4 is 0 Å². The lowest BCUT2D eigenvalue weighted by molar-refractivity contribution is 0.0591. The van der Waals surface area contributed by atoms with Crippen LogP contribution in [0.1, 0.15) is 21.5 Å². The molecule has 1 aromatic carbocycles. The Labute approximate surface area is 103 Å². The first kappa shape index (κ1) is 12.8. The van der Waals surface area contributed by atoms with Gasteiger partial charge in [0.2, 0.25) is 5.78 Å². The molecule has 0 aliphatic heterocycles. The van der Waals surface area contributed by atoms with Gasteiger partial charge in [0.05, 0.1) is 0 Å². The van der Waals surface area contributed by atoms with Gasteiger partial charge in [-0.15, -0.1) is 0 Å². The monoisotopic (exact) mass is 340 g/mol. The molecule has 82 valence electrons. The number of hydrogen-bond donors (Lipinski definition) is 0. The summed E-state index contributed by atoms with van der Waals surface area (Å²) in [6, 6.07) is 3.28. The molecule has 0 heterocycles. The molecule has 15 heavy (non-hydrogen) atoms. The zero-order valence-electron chi connectivity index (χ0n) is 8.07. The van der Waals surface area contributed by atoms with Gasteiger partial charge in [-0.1, -0.05) is 15.9 Å². The number of carbonyl (C=O) groups excluding carboxylic acids is 1. The molecule has 0 atom stereocenters. The van der Waals surface area contributed by atoms with Crippen molar-refractivity contribution in [2.24, 2.45) is 0 Å². The SMILES string of the molecule is Cc1cc(Br)cc(C)c1C(=O)C(F)(F)Br. The Morgan fingerprint density at radius 3 is 2.00 bits per heavy atom. The third-order valence-electron chi connectivity index (χ3n) is 1.98. The molecule has 5 heteroatoms. The summed E-state index contributed by atoms with van der Waals surface area (Å²) in [5.74, 6) is -1.20. The average molecular weight is 342 g/mol. The maximum absolute atomic E-state index is 12.8. The van der Waals surface area contributed by atoms with E-state index in [1.165, 1.54) is 0 Å². The van der Waals surface area contributed by atoms with E-state index in [2.05, 4.69) is 31.9 Å². The predicted octanol–water partition coefficient (Wildman–Crippen LogP) is 4.24. The third kappa shape index (κ3) is 2.84. The van der Waals surface area contributed by atoms with Crippen molar-refractivity contribution < 1.29 is 13.6 Å². The highest BCUT2D eigenvalue weighted by Crippen LogP contribution is 2.31. The van der Waals surface area contributed by atoms with Crippen LogP contribution in [0, 0.1) is 13.8 Å². The quantitative estimate of drug-likeness (QED) is 0.581. The van der Waals surface area contributed by atoms with Crippen molar-refractivity contribution >= 4 is 37.6 Å². The third-order valence-corrected chi connectivity index (χ3v) is 2.80. The zero-order chi connectivity index (χ0) is 11.8. The minimum Gasteiger partial charge on any atom is -0.286 e. The lowest BCUT2D eigenvalue weighted by Crippen LogP contribution is -2.22. The van der Waals surface area contributed by atoms with Crippen molar-refractivity contribution in [3.63, 3.8) is 0 Å². The zero-order valence-corrected chi connectivity index (χ0v) is 11.2. The van der Waals surface area contributed by atoms with Gasteiger partial charge in [-0.3, -0.25) is 4.79 Å². The van der Waals surface area contributed by atoms with Crippen LogP contribution in [0.5, 0.6) is 0 Å². The molecule has 0 aliphatic carbocycles. The second-order valence-corrected chi connectivity index (χ2v) is 5.15. The van der Waals surface area contributed by atoms with Gasteiger partial charge in [-0.2, -0.15) is 8.78 Å². The van der Waals surface area contributed by atoms with Crippen LogP contribution in [0.15, 0.2) is 16.6 Å². The van der Waals surface area contributed by atoms with Crippen LogP contribution in [0.4, 0.5) is 8.78 Å². The van der Waals surface area contributed by atoms with Gasteiger partial charge < -0.3 is 0 Å². The highest BCUT2D eigenvalue weighted by atomic mass is 79.9. The number of rotatable bonds is 2. The molecular weight excluding hydrogens is 334 g/mol. The summed E-state index contributed by atoms with van der Waals surface area (Å²) in [6.07, 6.45) is 0. The fourth-order valence-corrected chi connectivity index (χ4v) is 2.30. The largest absolute Gasteiger partial charge is 0.363 e. The van der Waals surface area contributed by atoms with Crippen molar-refractivity contribution in [1.29, 1.82) is 0 Å². The highest BCUT2D eigenvalue weighted by Gasteiger charge is 2.37. The molecule has 0 aliphatic rings. The van der Waals surface area contributed by atoms with Gasteiger partial charge in [-0.25, -0.2) is 0 Å². The Bertz CT molecular complexity index is 387. The molecule has 1 rings (SSSR count). The van der Waals surface area contributed by atoms with Crippen LogP contribution in [0.25, 0.3) is 0 Å². The first-order valence-corrected chi connectivity index (χ1v) is 5.70. The summed E-state index contributed by atoms with van der Waals surface area (Å²) in [7, 11) is 0. The molecule has 0 amide bonds. The van der Waals surface area contributed by atoms with E-state index < -0.39 is 10.6 Å². The van der Waals surface area contributed by atoms with E-state index in [-0.39, 0.29) is 5.56 Å². The van der Waals surface area contributed by atoms with Crippen molar-refractivity contribution in [3.8, 4) is 0 Å². The minimum atomic E-state index is -3.50. The van der Waals surface area contributed by atoms with Crippen molar-refractivity contribution in [3.05, 3.63) is 33.3 Å². The second-order valence-electron chi connectivity index (χ2n) is 3.24. The Hall–Kier alpha value is -0.290. The van der Waals surface area contributed by atoms with E-state index in [1.807, 2.05) is 0 Å². The van der Waals surface area contributed by atoms with Crippen molar-refractivity contribution in [1.82, 2.24) is 0 Å². The van der Waals surface area contributed by atoms with E-state index >= 15 is 0 Å². The average Bonchev–Trinajstić information content (AvgIpc) is 1.99. The number of Topliss-reactive ketones (excluding diaryl/α,β-unsaturated/α-hetero) is 1. The Kier molecular flexibility index (Phi) is 3.66. The van der Waals surface area contributed by atoms with Crippen LogP contribution in [0.3, 0.4) is 0 Å². The molecule has 0 fully saturated rings. The molecule has 1 aromatic rings. The number of aryl methyl sites for hydroxylation is 2. The van der Waals surface area contributed by atoms with Crippen LogP contribution in [0.2, 0.25) is 0 Å². The normalized spacial score (nSPS) is 11.6. The number of carbonyl (C=O) groups is 1. The Morgan fingerprint density at radius 2 is 1.67 bits per heavy atom. The van der Waals surface area contributed by atoms with Crippen LogP contribution in [-0.4, -0.2) is 10.6 Å². The summed E-state index contributed by atoms with van der Waals surface area (Å²) in [4.78, 5) is 7.90. The lowest BCUT2D eigenvalue weighted by Gasteiger charge is -2.12. The lowest BCUT2D eigenvalue weighted by atomic mass is 9.99. The van der Waals surface area contributed by atoms with Gasteiger partial charge in [0.25, 0.3) is 0 Å². The van der Waals surface area contributed by atoms with Crippen LogP contribution >= 0.6 is 31.9 Å². The van der Waals surface area contributed by atoms with E-state index in [0.717, 1.165) is 4.47 Å². The summed E-state index contributed by atoms with van der Waals surface area (Å²) in [5.41, 5.74) is 1.14. The van der Waals surface area contributed by atoms with E-state index in [1.54, 1.807) is 26.0 Å². The molecule has 0 radical (unpaired) electrons. The second kappa shape index (κ2) is 4.29. The molecule has 0 unspecified atom stereocenters. The number of benzene rings is 1. The number of halogens is 4. The first-order chi connectivity index (χ1) is 6.73. The molecule has 0 spiro atoms. The Balaban J connectivity index is 3.33.